The lowest BCUT2D eigenvalue weighted by Crippen LogP contribution is -2.46. The molecule has 29 heavy (non-hydrogen) atoms. The predicted octanol–water partition coefficient (Wildman–Crippen LogP) is 3.49. The van der Waals surface area contributed by atoms with Crippen LogP contribution in [0.2, 0.25) is 0 Å². The summed E-state index contributed by atoms with van der Waals surface area (Å²) in [6.45, 7) is 4.95. The number of nitrogens with zero attached hydrogens (tertiary/aromatic N) is 4. The second-order valence-electron chi connectivity index (χ2n) is 7.81. The van der Waals surface area contributed by atoms with E-state index >= 15 is 0 Å². The fourth-order valence-corrected chi connectivity index (χ4v) is 4.43. The van der Waals surface area contributed by atoms with Gasteiger partial charge < -0.3 is 19.5 Å². The van der Waals surface area contributed by atoms with Crippen molar-refractivity contribution in [3.63, 3.8) is 0 Å². The van der Waals surface area contributed by atoms with Gasteiger partial charge in [-0.1, -0.05) is 18.2 Å². The number of likely N-dealkylation sites (tertiary alicyclic amines) is 1. The number of hydrogen-bond donors (Lipinski definition) is 1. The van der Waals surface area contributed by atoms with Crippen molar-refractivity contribution in [1.29, 1.82) is 0 Å². The molecule has 0 bridgehead atoms. The maximum Gasteiger partial charge on any atom is 0.318 e. The zero-order valence-electron chi connectivity index (χ0n) is 17.3. The quantitative estimate of drug-likeness (QED) is 0.810. The van der Waals surface area contributed by atoms with Gasteiger partial charge in [0, 0.05) is 26.1 Å². The molecule has 1 fully saturated rings. The van der Waals surface area contributed by atoms with Crippen molar-refractivity contribution < 1.29 is 9.53 Å². The Bertz CT molecular complexity index is 834. The molecule has 2 amide bonds. The molecule has 0 saturated carbocycles. The summed E-state index contributed by atoms with van der Waals surface area (Å²) in [5.74, 6) is 2.94. The second kappa shape index (κ2) is 9.29. The van der Waals surface area contributed by atoms with Crippen LogP contribution in [-0.4, -0.2) is 45.4 Å². The second-order valence-corrected chi connectivity index (χ2v) is 7.81. The van der Waals surface area contributed by atoms with Crippen LogP contribution in [0.1, 0.15) is 62.3 Å². The molecule has 0 spiro atoms. The van der Waals surface area contributed by atoms with Crippen molar-refractivity contribution in [2.75, 3.05) is 19.7 Å². The number of urea groups is 1. The SMILES string of the molecule is CCOc1ccccc1CCNC(=O)N1CCCCC1c1nnc2n1CCCC2. The van der Waals surface area contributed by atoms with Crippen LogP contribution in [0.5, 0.6) is 5.75 Å². The Morgan fingerprint density at radius 1 is 1.17 bits per heavy atom. The molecule has 7 nitrogen and oxygen atoms in total. The standard InChI is InChI=1S/C22H31N5O2/c1-2-29-19-11-4-3-9-17(19)13-14-23-22(28)26-15-7-5-10-18(26)21-25-24-20-12-6-8-16-27(20)21/h3-4,9,11,18H,2,5-8,10,12-16H2,1H3,(H,23,28). The molecule has 1 aromatic carbocycles. The van der Waals surface area contributed by atoms with Crippen molar-refractivity contribution in [2.24, 2.45) is 0 Å². The van der Waals surface area contributed by atoms with E-state index in [0.717, 1.165) is 74.6 Å². The summed E-state index contributed by atoms with van der Waals surface area (Å²) < 4.78 is 7.94. The number of carbonyl (C=O) groups excluding carboxylic acids is 1. The third-order valence-corrected chi connectivity index (χ3v) is 5.89. The Morgan fingerprint density at radius 2 is 2.03 bits per heavy atom. The zero-order chi connectivity index (χ0) is 20.1. The number of carbonyl (C=O) groups is 1. The van der Waals surface area contributed by atoms with Gasteiger partial charge in [-0.2, -0.15) is 0 Å². The van der Waals surface area contributed by atoms with Crippen molar-refractivity contribution >= 4 is 6.03 Å². The van der Waals surface area contributed by atoms with E-state index in [1.54, 1.807) is 0 Å². The van der Waals surface area contributed by atoms with Gasteiger partial charge in [-0.25, -0.2) is 4.79 Å². The van der Waals surface area contributed by atoms with Gasteiger partial charge in [0.05, 0.1) is 12.6 Å². The number of amides is 2. The Hall–Kier alpha value is -2.57. The number of hydrogen-bond acceptors (Lipinski definition) is 4. The van der Waals surface area contributed by atoms with Gasteiger partial charge in [0.2, 0.25) is 0 Å². The predicted molar refractivity (Wildman–Crippen MR) is 111 cm³/mol. The third kappa shape index (κ3) is 4.38. The van der Waals surface area contributed by atoms with Gasteiger partial charge in [0.15, 0.2) is 5.82 Å². The van der Waals surface area contributed by atoms with Gasteiger partial charge in [0.1, 0.15) is 11.6 Å². The minimum absolute atomic E-state index is 0.00301. The van der Waals surface area contributed by atoms with E-state index in [0.29, 0.717) is 13.2 Å². The molecule has 3 heterocycles. The summed E-state index contributed by atoms with van der Waals surface area (Å²) in [7, 11) is 0. The fraction of sp³-hybridized carbons (Fsp3) is 0.591. The number of para-hydroxylation sites is 1. The van der Waals surface area contributed by atoms with E-state index in [9.17, 15) is 4.79 Å². The molecule has 1 atom stereocenters. The number of aryl methyl sites for hydroxylation is 1. The number of ether oxygens (including phenoxy) is 1. The zero-order valence-corrected chi connectivity index (χ0v) is 17.3. The van der Waals surface area contributed by atoms with E-state index in [1.165, 1.54) is 6.42 Å². The minimum Gasteiger partial charge on any atom is -0.494 e. The molecule has 0 radical (unpaired) electrons. The lowest BCUT2D eigenvalue weighted by molar-refractivity contribution is 0.145. The first-order chi connectivity index (χ1) is 14.3. The first kappa shape index (κ1) is 19.7. The lowest BCUT2D eigenvalue weighted by atomic mass is 10.0. The molecule has 1 saturated heterocycles. The lowest BCUT2D eigenvalue weighted by Gasteiger charge is -2.35. The van der Waals surface area contributed by atoms with E-state index in [4.69, 9.17) is 4.74 Å². The highest BCUT2D eigenvalue weighted by atomic mass is 16.5. The van der Waals surface area contributed by atoms with E-state index in [1.807, 2.05) is 30.0 Å². The van der Waals surface area contributed by atoms with Gasteiger partial charge in [-0.15, -0.1) is 10.2 Å². The Kier molecular flexibility index (Phi) is 6.32. The normalized spacial score (nSPS) is 18.9. The maximum absolute atomic E-state index is 13.0. The molecule has 7 heteroatoms. The highest BCUT2D eigenvalue weighted by Gasteiger charge is 2.32. The van der Waals surface area contributed by atoms with Crippen LogP contribution in [0.3, 0.4) is 0 Å². The summed E-state index contributed by atoms with van der Waals surface area (Å²) >= 11 is 0. The van der Waals surface area contributed by atoms with Crippen LogP contribution in [0.15, 0.2) is 24.3 Å². The number of aromatic nitrogens is 3. The molecule has 1 N–H and O–H groups in total. The highest BCUT2D eigenvalue weighted by Crippen LogP contribution is 2.31. The molecule has 2 aliphatic rings. The number of rotatable bonds is 6. The van der Waals surface area contributed by atoms with E-state index < -0.39 is 0 Å². The Morgan fingerprint density at radius 3 is 2.93 bits per heavy atom. The molecule has 2 aromatic rings. The van der Waals surface area contributed by atoms with Crippen molar-refractivity contribution in [2.45, 2.75) is 64.5 Å². The fourth-order valence-electron chi connectivity index (χ4n) is 4.43. The van der Waals surface area contributed by atoms with Crippen LogP contribution < -0.4 is 10.1 Å². The van der Waals surface area contributed by atoms with Crippen LogP contribution in [-0.2, 0) is 19.4 Å². The average Bonchev–Trinajstić information content (AvgIpc) is 3.19. The number of benzene rings is 1. The molecular formula is C22H31N5O2. The monoisotopic (exact) mass is 397 g/mol. The molecule has 0 aliphatic carbocycles. The van der Waals surface area contributed by atoms with Crippen LogP contribution >= 0.6 is 0 Å². The Labute approximate surface area is 172 Å². The van der Waals surface area contributed by atoms with Crippen molar-refractivity contribution in [1.82, 2.24) is 25.0 Å². The average molecular weight is 398 g/mol. The molecule has 2 aliphatic heterocycles. The third-order valence-electron chi connectivity index (χ3n) is 5.89. The van der Waals surface area contributed by atoms with Crippen LogP contribution in [0.4, 0.5) is 4.79 Å². The summed E-state index contributed by atoms with van der Waals surface area (Å²) in [6.07, 6.45) is 7.20. The summed E-state index contributed by atoms with van der Waals surface area (Å²) in [6, 6.07) is 8.05. The largest absolute Gasteiger partial charge is 0.494 e. The molecule has 1 aromatic heterocycles. The Balaban J connectivity index is 1.40. The first-order valence-corrected chi connectivity index (χ1v) is 10.9. The molecular weight excluding hydrogens is 366 g/mol. The molecule has 156 valence electrons. The number of piperidine rings is 1. The molecule has 1 unspecified atom stereocenters. The number of fused-ring (bicyclic) bond motifs is 1. The van der Waals surface area contributed by atoms with Crippen molar-refractivity contribution in [3.05, 3.63) is 41.5 Å². The highest BCUT2D eigenvalue weighted by molar-refractivity contribution is 5.74. The van der Waals surface area contributed by atoms with E-state index in [-0.39, 0.29) is 12.1 Å². The smallest absolute Gasteiger partial charge is 0.318 e. The van der Waals surface area contributed by atoms with Gasteiger partial charge in [-0.3, -0.25) is 0 Å². The van der Waals surface area contributed by atoms with Crippen LogP contribution in [0.25, 0.3) is 0 Å². The first-order valence-electron chi connectivity index (χ1n) is 10.9. The van der Waals surface area contributed by atoms with Gasteiger partial charge in [-0.05, 0) is 57.1 Å². The van der Waals surface area contributed by atoms with Crippen molar-refractivity contribution in [3.8, 4) is 5.75 Å². The topological polar surface area (TPSA) is 72.3 Å². The van der Waals surface area contributed by atoms with Crippen LogP contribution in [0, 0.1) is 0 Å². The van der Waals surface area contributed by atoms with E-state index in [2.05, 4.69) is 26.1 Å². The maximum atomic E-state index is 13.0. The minimum atomic E-state index is -0.00301. The van der Waals surface area contributed by atoms with Gasteiger partial charge in [0.25, 0.3) is 0 Å². The van der Waals surface area contributed by atoms with Gasteiger partial charge >= 0.3 is 6.03 Å². The summed E-state index contributed by atoms with van der Waals surface area (Å²) in [4.78, 5) is 15.0. The summed E-state index contributed by atoms with van der Waals surface area (Å²) in [5, 5.41) is 12.0. The summed E-state index contributed by atoms with van der Waals surface area (Å²) in [5.41, 5.74) is 1.12. The molecule has 4 rings (SSSR count). The number of nitrogens with one attached hydrogen (secondary N) is 1.